The molecule has 1 atom stereocenters. The fourth-order valence-electron chi connectivity index (χ4n) is 3.25. The quantitative estimate of drug-likeness (QED) is 0.249. The van der Waals surface area contributed by atoms with E-state index in [2.05, 4.69) is 18.7 Å². The first-order chi connectivity index (χ1) is 10.9. The number of hydrogen-bond acceptors (Lipinski definition) is 2. The Balaban J connectivity index is 1.65. The Labute approximate surface area is 140 Å². The Morgan fingerprint density at radius 2 is 1.09 bits per heavy atom. The van der Waals surface area contributed by atoms with Crippen LogP contribution >= 0.6 is 0 Å². The molecule has 0 N–H and O–H groups in total. The van der Waals surface area contributed by atoms with E-state index in [0.717, 1.165) is 6.61 Å². The highest BCUT2D eigenvalue weighted by molar-refractivity contribution is 4.68. The standard InChI is InChI=1S/C20H41NO/c1-3-21(4-2)18-16-14-12-10-8-6-5-7-9-11-13-15-17-20-19-22-20/h20H,3-19H2,1-2H3. The number of unbranched alkanes of at least 4 members (excludes halogenated alkanes) is 11. The predicted molar refractivity (Wildman–Crippen MR) is 97.5 cm³/mol. The van der Waals surface area contributed by atoms with Crippen molar-refractivity contribution in [3.63, 3.8) is 0 Å². The molecular weight excluding hydrogens is 270 g/mol. The summed E-state index contributed by atoms with van der Waals surface area (Å²) < 4.78 is 5.24. The van der Waals surface area contributed by atoms with E-state index in [4.69, 9.17) is 4.74 Å². The Hall–Kier alpha value is -0.0800. The van der Waals surface area contributed by atoms with Crippen LogP contribution in [0.25, 0.3) is 0 Å². The van der Waals surface area contributed by atoms with Crippen LogP contribution in [0.2, 0.25) is 0 Å². The molecule has 2 nitrogen and oxygen atoms in total. The van der Waals surface area contributed by atoms with Gasteiger partial charge in [-0.1, -0.05) is 84.5 Å². The second-order valence-electron chi connectivity index (χ2n) is 7.01. The van der Waals surface area contributed by atoms with Gasteiger partial charge in [-0.3, -0.25) is 0 Å². The summed E-state index contributed by atoms with van der Waals surface area (Å²) in [5.74, 6) is 0. The zero-order valence-corrected chi connectivity index (χ0v) is 15.5. The van der Waals surface area contributed by atoms with E-state index in [1.54, 1.807) is 0 Å². The van der Waals surface area contributed by atoms with Gasteiger partial charge in [0.15, 0.2) is 0 Å². The van der Waals surface area contributed by atoms with Crippen molar-refractivity contribution in [2.75, 3.05) is 26.2 Å². The molecule has 132 valence electrons. The normalized spacial score (nSPS) is 17.3. The highest BCUT2D eigenvalue weighted by Crippen LogP contribution is 2.18. The molecule has 1 aliphatic rings. The van der Waals surface area contributed by atoms with Gasteiger partial charge >= 0.3 is 0 Å². The molecule has 0 aromatic carbocycles. The molecule has 0 aliphatic carbocycles. The van der Waals surface area contributed by atoms with Crippen molar-refractivity contribution in [1.82, 2.24) is 4.90 Å². The lowest BCUT2D eigenvalue weighted by Crippen LogP contribution is -2.23. The second-order valence-corrected chi connectivity index (χ2v) is 7.01. The summed E-state index contributed by atoms with van der Waals surface area (Å²) in [6, 6.07) is 0. The maximum atomic E-state index is 5.24. The van der Waals surface area contributed by atoms with Crippen molar-refractivity contribution < 1.29 is 4.74 Å². The SMILES string of the molecule is CCN(CC)CCCCCCCCCCCCCCC1CO1. The lowest BCUT2D eigenvalue weighted by Gasteiger charge is -2.17. The first-order valence-electron chi connectivity index (χ1n) is 10.2. The molecule has 0 bridgehead atoms. The number of rotatable bonds is 17. The first-order valence-corrected chi connectivity index (χ1v) is 10.2. The van der Waals surface area contributed by atoms with Gasteiger partial charge in [-0.15, -0.1) is 0 Å². The molecule has 1 fully saturated rings. The third-order valence-corrected chi connectivity index (χ3v) is 5.05. The monoisotopic (exact) mass is 311 g/mol. The van der Waals surface area contributed by atoms with E-state index in [9.17, 15) is 0 Å². The molecular formula is C20H41NO. The van der Waals surface area contributed by atoms with Crippen molar-refractivity contribution in [1.29, 1.82) is 0 Å². The molecule has 0 spiro atoms. The van der Waals surface area contributed by atoms with Crippen molar-refractivity contribution in [2.45, 2.75) is 103 Å². The van der Waals surface area contributed by atoms with Crippen LogP contribution in [-0.4, -0.2) is 37.2 Å². The topological polar surface area (TPSA) is 15.8 Å². The fourth-order valence-corrected chi connectivity index (χ4v) is 3.25. The third-order valence-electron chi connectivity index (χ3n) is 5.05. The summed E-state index contributed by atoms with van der Waals surface area (Å²) in [6.45, 7) is 9.31. The molecule has 22 heavy (non-hydrogen) atoms. The molecule has 1 saturated heterocycles. The van der Waals surface area contributed by atoms with Crippen LogP contribution in [0.5, 0.6) is 0 Å². The summed E-state index contributed by atoms with van der Waals surface area (Å²) in [7, 11) is 0. The van der Waals surface area contributed by atoms with Crippen LogP contribution in [0, 0.1) is 0 Å². The van der Waals surface area contributed by atoms with E-state index >= 15 is 0 Å². The maximum absolute atomic E-state index is 5.24. The van der Waals surface area contributed by atoms with Crippen molar-refractivity contribution in [3.8, 4) is 0 Å². The maximum Gasteiger partial charge on any atom is 0.0810 e. The van der Waals surface area contributed by atoms with Gasteiger partial charge in [0, 0.05) is 0 Å². The molecule has 0 amide bonds. The number of epoxide rings is 1. The van der Waals surface area contributed by atoms with Gasteiger partial charge in [0.25, 0.3) is 0 Å². The molecule has 1 heterocycles. The fraction of sp³-hybridized carbons (Fsp3) is 1.00. The Kier molecular flexibility index (Phi) is 13.2. The summed E-state index contributed by atoms with van der Waals surface area (Å²) in [5.41, 5.74) is 0. The Morgan fingerprint density at radius 1 is 0.682 bits per heavy atom. The zero-order valence-electron chi connectivity index (χ0n) is 15.5. The molecule has 2 heteroatoms. The third kappa shape index (κ3) is 12.5. The number of nitrogens with zero attached hydrogens (tertiary/aromatic N) is 1. The average molecular weight is 312 g/mol. The highest BCUT2D eigenvalue weighted by atomic mass is 16.6. The Morgan fingerprint density at radius 3 is 1.50 bits per heavy atom. The van der Waals surface area contributed by atoms with Crippen LogP contribution in [0.15, 0.2) is 0 Å². The molecule has 0 aromatic heterocycles. The lowest BCUT2D eigenvalue weighted by molar-refractivity contribution is 0.295. The minimum atomic E-state index is 0.645. The van der Waals surface area contributed by atoms with Gasteiger partial charge in [0.2, 0.25) is 0 Å². The van der Waals surface area contributed by atoms with Crippen molar-refractivity contribution >= 4 is 0 Å². The van der Waals surface area contributed by atoms with Gasteiger partial charge in [0.1, 0.15) is 0 Å². The molecule has 1 unspecified atom stereocenters. The van der Waals surface area contributed by atoms with Crippen LogP contribution in [0.3, 0.4) is 0 Å². The summed E-state index contributed by atoms with van der Waals surface area (Å²) >= 11 is 0. The van der Waals surface area contributed by atoms with Crippen LogP contribution in [-0.2, 0) is 4.74 Å². The van der Waals surface area contributed by atoms with Gasteiger partial charge in [0.05, 0.1) is 12.7 Å². The molecule has 0 saturated carbocycles. The average Bonchev–Trinajstić information content (AvgIpc) is 3.35. The van der Waals surface area contributed by atoms with Crippen LogP contribution in [0.4, 0.5) is 0 Å². The predicted octanol–water partition coefficient (Wildman–Crippen LogP) is 5.80. The first kappa shape index (κ1) is 20.0. The van der Waals surface area contributed by atoms with Crippen LogP contribution in [0.1, 0.15) is 97.3 Å². The van der Waals surface area contributed by atoms with Gasteiger partial charge < -0.3 is 9.64 Å². The van der Waals surface area contributed by atoms with E-state index in [1.807, 2.05) is 0 Å². The molecule has 0 radical (unpaired) electrons. The summed E-state index contributed by atoms with van der Waals surface area (Å²) in [6.07, 6.45) is 19.3. The summed E-state index contributed by atoms with van der Waals surface area (Å²) in [4.78, 5) is 2.54. The molecule has 0 aromatic rings. The smallest absolute Gasteiger partial charge is 0.0810 e. The second kappa shape index (κ2) is 14.5. The summed E-state index contributed by atoms with van der Waals surface area (Å²) in [5, 5.41) is 0. The van der Waals surface area contributed by atoms with Crippen LogP contribution < -0.4 is 0 Å². The minimum Gasteiger partial charge on any atom is -0.373 e. The Bertz CT molecular complexity index is 224. The van der Waals surface area contributed by atoms with E-state index in [1.165, 1.54) is 103 Å². The van der Waals surface area contributed by atoms with Gasteiger partial charge in [-0.05, 0) is 32.5 Å². The van der Waals surface area contributed by atoms with Crippen molar-refractivity contribution in [3.05, 3.63) is 0 Å². The zero-order chi connectivity index (χ0) is 15.9. The van der Waals surface area contributed by atoms with Gasteiger partial charge in [-0.25, -0.2) is 0 Å². The van der Waals surface area contributed by atoms with E-state index < -0.39 is 0 Å². The van der Waals surface area contributed by atoms with Crippen molar-refractivity contribution in [2.24, 2.45) is 0 Å². The number of hydrogen-bond donors (Lipinski definition) is 0. The highest BCUT2D eigenvalue weighted by Gasteiger charge is 2.20. The molecule has 1 rings (SSSR count). The largest absolute Gasteiger partial charge is 0.373 e. The minimum absolute atomic E-state index is 0.645. The number of ether oxygens (including phenoxy) is 1. The van der Waals surface area contributed by atoms with E-state index in [0.29, 0.717) is 6.10 Å². The lowest BCUT2D eigenvalue weighted by atomic mass is 10.0. The van der Waals surface area contributed by atoms with E-state index in [-0.39, 0.29) is 0 Å². The van der Waals surface area contributed by atoms with Gasteiger partial charge in [-0.2, -0.15) is 0 Å². The molecule has 1 aliphatic heterocycles.